The minimum absolute atomic E-state index is 0.214. The van der Waals surface area contributed by atoms with E-state index in [0.717, 1.165) is 50.0 Å². The predicted octanol–water partition coefficient (Wildman–Crippen LogP) is 6.03. The number of aromatic amines is 1. The van der Waals surface area contributed by atoms with Crippen LogP contribution in [0.5, 0.6) is 5.75 Å². The van der Waals surface area contributed by atoms with Gasteiger partial charge in [-0.3, -0.25) is 4.90 Å². The third kappa shape index (κ3) is 3.55. The number of hydrogen-bond donors (Lipinski definition) is 2. The predicted molar refractivity (Wildman–Crippen MR) is 131 cm³/mol. The first-order chi connectivity index (χ1) is 15.7. The number of methoxy groups -OCH3 is 1. The standard InChI is InChI=1S/C28H32N2O3/c1-18-14-28(15-18)10-12-30(27(3,17-28)21-7-5-20(6-8-21)26(31)32)16-23-22-9-11-29-25(22)19(2)13-24(23)33-4/h5-9,11,13,29H,1,10,12,14-17H2,2-4H3,(H,31,32). The molecule has 2 aliphatic rings. The fourth-order valence-corrected chi connectivity index (χ4v) is 6.34. The summed E-state index contributed by atoms with van der Waals surface area (Å²) in [6.07, 6.45) is 6.38. The van der Waals surface area contributed by atoms with E-state index < -0.39 is 5.97 Å². The van der Waals surface area contributed by atoms with Gasteiger partial charge in [0.2, 0.25) is 0 Å². The summed E-state index contributed by atoms with van der Waals surface area (Å²) in [5, 5.41) is 10.6. The molecule has 172 valence electrons. The van der Waals surface area contributed by atoms with E-state index >= 15 is 0 Å². The number of ether oxygens (including phenoxy) is 1. The molecule has 0 amide bonds. The third-order valence-electron chi connectivity index (χ3n) is 8.01. The van der Waals surface area contributed by atoms with Crippen molar-refractivity contribution < 1.29 is 14.6 Å². The number of likely N-dealkylation sites (tertiary alicyclic amines) is 1. The Morgan fingerprint density at radius 2 is 1.97 bits per heavy atom. The fraction of sp³-hybridized carbons (Fsp3) is 0.393. The highest BCUT2D eigenvalue weighted by molar-refractivity contribution is 5.88. The number of fused-ring (bicyclic) bond motifs is 1. The van der Waals surface area contributed by atoms with Crippen molar-refractivity contribution in [1.82, 2.24) is 9.88 Å². The first kappa shape index (κ1) is 21.8. The van der Waals surface area contributed by atoms with Gasteiger partial charge in [-0.25, -0.2) is 4.79 Å². The van der Waals surface area contributed by atoms with Crippen LogP contribution in [0, 0.1) is 12.3 Å². The number of allylic oxidation sites excluding steroid dienone is 1. The molecule has 1 aromatic heterocycles. The molecule has 1 saturated carbocycles. The maximum atomic E-state index is 11.4. The number of carboxylic acids is 1. The number of carbonyl (C=O) groups is 1. The highest BCUT2D eigenvalue weighted by Crippen LogP contribution is 2.58. The van der Waals surface area contributed by atoms with Crippen LogP contribution in [0.15, 0.2) is 54.7 Å². The van der Waals surface area contributed by atoms with E-state index in [1.165, 1.54) is 27.6 Å². The molecule has 1 unspecified atom stereocenters. The Hall–Kier alpha value is -3.05. The lowest BCUT2D eigenvalue weighted by molar-refractivity contribution is -0.0418. The smallest absolute Gasteiger partial charge is 0.335 e. The van der Waals surface area contributed by atoms with Gasteiger partial charge in [0.05, 0.1) is 12.7 Å². The molecule has 33 heavy (non-hydrogen) atoms. The van der Waals surface area contributed by atoms with Crippen molar-refractivity contribution in [3.8, 4) is 5.75 Å². The molecular formula is C28H32N2O3. The van der Waals surface area contributed by atoms with Crippen LogP contribution in [0.2, 0.25) is 0 Å². The second-order valence-corrected chi connectivity index (χ2v) is 10.2. The molecule has 1 atom stereocenters. The minimum Gasteiger partial charge on any atom is -0.496 e. The van der Waals surface area contributed by atoms with Crippen molar-refractivity contribution in [2.24, 2.45) is 5.41 Å². The maximum Gasteiger partial charge on any atom is 0.335 e. The number of aromatic nitrogens is 1. The number of nitrogens with zero attached hydrogens (tertiary/aromatic N) is 1. The Morgan fingerprint density at radius 1 is 1.24 bits per heavy atom. The molecule has 1 aliphatic carbocycles. The summed E-state index contributed by atoms with van der Waals surface area (Å²) in [7, 11) is 1.74. The van der Waals surface area contributed by atoms with Crippen LogP contribution < -0.4 is 4.74 Å². The van der Waals surface area contributed by atoms with Crippen molar-refractivity contribution >= 4 is 16.9 Å². The summed E-state index contributed by atoms with van der Waals surface area (Å²) >= 11 is 0. The molecule has 5 heteroatoms. The molecule has 1 saturated heterocycles. The van der Waals surface area contributed by atoms with Crippen LogP contribution >= 0.6 is 0 Å². The second kappa shape index (κ2) is 7.77. The molecular weight excluding hydrogens is 412 g/mol. The summed E-state index contributed by atoms with van der Waals surface area (Å²) in [5.41, 5.74) is 6.45. The van der Waals surface area contributed by atoms with Gasteiger partial charge in [0, 0.05) is 34.7 Å². The van der Waals surface area contributed by atoms with Gasteiger partial charge >= 0.3 is 5.97 Å². The number of aryl methyl sites for hydroxylation is 1. The minimum atomic E-state index is -0.891. The molecule has 0 radical (unpaired) electrons. The Kier molecular flexibility index (Phi) is 5.13. The Balaban J connectivity index is 1.56. The molecule has 2 aromatic carbocycles. The third-order valence-corrected chi connectivity index (χ3v) is 8.01. The van der Waals surface area contributed by atoms with Crippen molar-refractivity contribution in [1.29, 1.82) is 0 Å². The summed E-state index contributed by atoms with van der Waals surface area (Å²) < 4.78 is 5.83. The molecule has 2 fully saturated rings. The largest absolute Gasteiger partial charge is 0.496 e. The lowest BCUT2D eigenvalue weighted by Gasteiger charge is -2.57. The van der Waals surface area contributed by atoms with Crippen molar-refractivity contribution in [2.45, 2.75) is 51.6 Å². The van der Waals surface area contributed by atoms with E-state index in [1.807, 2.05) is 18.3 Å². The van der Waals surface area contributed by atoms with Gasteiger partial charge in [-0.05, 0) is 86.9 Å². The van der Waals surface area contributed by atoms with E-state index in [0.29, 0.717) is 11.0 Å². The topological polar surface area (TPSA) is 65.6 Å². The average molecular weight is 445 g/mol. The molecule has 0 bridgehead atoms. The lowest BCUT2D eigenvalue weighted by atomic mass is 9.56. The van der Waals surface area contributed by atoms with Crippen LogP contribution in [0.25, 0.3) is 10.9 Å². The number of benzene rings is 2. The number of piperidine rings is 1. The molecule has 2 N–H and O–H groups in total. The van der Waals surface area contributed by atoms with Crippen LogP contribution in [0.3, 0.4) is 0 Å². The molecule has 3 aromatic rings. The zero-order valence-corrected chi connectivity index (χ0v) is 19.7. The Bertz CT molecular complexity index is 1230. The van der Waals surface area contributed by atoms with Crippen LogP contribution in [-0.4, -0.2) is 34.6 Å². The average Bonchev–Trinajstić information content (AvgIpc) is 3.27. The highest BCUT2D eigenvalue weighted by atomic mass is 16.5. The maximum absolute atomic E-state index is 11.4. The SMILES string of the molecule is C=C1CC2(CCN(Cc3c(OC)cc(C)c4[nH]ccc34)C(C)(c3ccc(C(=O)O)cc3)C2)C1. The van der Waals surface area contributed by atoms with Gasteiger partial charge in [-0.15, -0.1) is 0 Å². The van der Waals surface area contributed by atoms with Gasteiger partial charge < -0.3 is 14.8 Å². The quantitative estimate of drug-likeness (QED) is 0.472. The van der Waals surface area contributed by atoms with E-state index in [-0.39, 0.29) is 5.54 Å². The summed E-state index contributed by atoms with van der Waals surface area (Å²) in [6.45, 7) is 10.4. The first-order valence-electron chi connectivity index (χ1n) is 11.6. The molecule has 5 nitrogen and oxygen atoms in total. The lowest BCUT2D eigenvalue weighted by Crippen LogP contribution is -2.55. The molecule has 2 heterocycles. The van der Waals surface area contributed by atoms with Crippen molar-refractivity contribution in [3.63, 3.8) is 0 Å². The van der Waals surface area contributed by atoms with Crippen molar-refractivity contribution in [3.05, 3.63) is 77.0 Å². The Morgan fingerprint density at radius 3 is 2.61 bits per heavy atom. The molecule has 1 aliphatic heterocycles. The number of nitrogens with one attached hydrogen (secondary N) is 1. The van der Waals surface area contributed by atoms with Gasteiger partial charge in [0.15, 0.2) is 0 Å². The van der Waals surface area contributed by atoms with Crippen LogP contribution in [0.1, 0.15) is 59.7 Å². The fourth-order valence-electron chi connectivity index (χ4n) is 6.34. The summed E-state index contributed by atoms with van der Waals surface area (Å²) in [6, 6.07) is 11.7. The molecule has 5 rings (SSSR count). The van der Waals surface area contributed by atoms with Crippen LogP contribution in [0.4, 0.5) is 0 Å². The van der Waals surface area contributed by atoms with Gasteiger partial charge in [-0.2, -0.15) is 0 Å². The van der Waals surface area contributed by atoms with Crippen LogP contribution in [-0.2, 0) is 12.1 Å². The molecule has 1 spiro atoms. The second-order valence-electron chi connectivity index (χ2n) is 10.2. The number of hydrogen-bond acceptors (Lipinski definition) is 3. The number of carboxylic acid groups (broad SMARTS) is 1. The van der Waals surface area contributed by atoms with E-state index in [1.54, 1.807) is 19.2 Å². The number of aromatic carboxylic acids is 1. The van der Waals surface area contributed by atoms with Gasteiger partial charge in [0.25, 0.3) is 0 Å². The van der Waals surface area contributed by atoms with E-state index in [9.17, 15) is 9.90 Å². The van der Waals surface area contributed by atoms with Crippen molar-refractivity contribution in [2.75, 3.05) is 13.7 Å². The van der Waals surface area contributed by atoms with E-state index in [4.69, 9.17) is 4.74 Å². The summed E-state index contributed by atoms with van der Waals surface area (Å²) in [4.78, 5) is 17.4. The monoisotopic (exact) mass is 444 g/mol. The van der Waals surface area contributed by atoms with Gasteiger partial charge in [0.1, 0.15) is 5.75 Å². The van der Waals surface area contributed by atoms with E-state index in [2.05, 4.69) is 42.4 Å². The van der Waals surface area contributed by atoms with Gasteiger partial charge in [-0.1, -0.05) is 24.3 Å². The summed E-state index contributed by atoms with van der Waals surface area (Å²) in [5.74, 6) is 0.0266. The Labute approximate surface area is 195 Å². The zero-order chi connectivity index (χ0) is 23.4. The highest BCUT2D eigenvalue weighted by Gasteiger charge is 2.51. The first-order valence-corrected chi connectivity index (χ1v) is 11.6. The number of rotatable bonds is 5. The normalized spacial score (nSPS) is 22.5. The number of H-pyrrole nitrogens is 1. The zero-order valence-electron chi connectivity index (χ0n) is 19.7.